The van der Waals surface area contributed by atoms with Crippen LogP contribution in [0.4, 0.5) is 17.1 Å². The van der Waals surface area contributed by atoms with Gasteiger partial charge in [0.1, 0.15) is 4.90 Å². The van der Waals surface area contributed by atoms with Crippen LogP contribution < -0.4 is 15.8 Å². The molecule has 0 aliphatic rings. The van der Waals surface area contributed by atoms with E-state index in [0.717, 1.165) is 30.6 Å². The van der Waals surface area contributed by atoms with Gasteiger partial charge in [0.05, 0.1) is 11.4 Å². The van der Waals surface area contributed by atoms with Crippen LogP contribution in [-0.2, 0) is 15.4 Å². The molecule has 0 bridgehead atoms. The first-order valence-electron chi connectivity index (χ1n) is 7.87. The highest BCUT2D eigenvalue weighted by Gasteiger charge is 2.19. The van der Waals surface area contributed by atoms with E-state index in [-0.39, 0.29) is 21.9 Å². The van der Waals surface area contributed by atoms with Crippen LogP contribution in [0.3, 0.4) is 0 Å². The molecule has 2 rings (SSSR count). The molecule has 2 aromatic rings. The summed E-state index contributed by atoms with van der Waals surface area (Å²) < 4.78 is 24.2. The molecule has 0 amide bonds. The zero-order chi connectivity index (χ0) is 18.4. The number of halogens is 3. The van der Waals surface area contributed by atoms with Crippen LogP contribution >= 0.6 is 44.5 Å². The largest absolute Gasteiger partial charge is 0.383 e. The van der Waals surface area contributed by atoms with Crippen molar-refractivity contribution in [1.82, 2.24) is 0 Å². The van der Waals surface area contributed by atoms with Crippen molar-refractivity contribution in [3.8, 4) is 0 Å². The number of hydrogen-bond acceptors (Lipinski definition) is 4. The Morgan fingerprint density at radius 2 is 1.85 bits per heavy atom. The van der Waals surface area contributed by atoms with Crippen LogP contribution in [0.5, 0.6) is 0 Å². The highest BCUT2D eigenvalue weighted by atomic mass is 79.9. The van der Waals surface area contributed by atoms with Crippen LogP contribution in [0, 0.1) is 0 Å². The molecule has 0 aliphatic heterocycles. The van der Waals surface area contributed by atoms with Crippen LogP contribution in [0.2, 0.25) is 5.02 Å². The monoisotopic (exact) mass is 525 g/mol. The standard InChI is InChI=1S/C17H21BrClN3O2S.BrH/c1-2-3-8-21-15-9-12(11-18)10-16(25(20,23)24)17(15)22-14-6-4-13(19)5-7-14;/h4-7,9-10,21-22H,2-3,8,11H2,1H3,(H2,20,23,24);1H. The lowest BCUT2D eigenvalue weighted by Gasteiger charge is -2.18. The molecule has 0 aliphatic carbocycles. The summed E-state index contributed by atoms with van der Waals surface area (Å²) >= 11 is 9.29. The molecule has 0 heterocycles. The maximum Gasteiger partial charge on any atom is 0.240 e. The van der Waals surface area contributed by atoms with Crippen molar-refractivity contribution in [2.75, 3.05) is 17.2 Å². The van der Waals surface area contributed by atoms with Gasteiger partial charge in [-0.2, -0.15) is 0 Å². The molecule has 4 N–H and O–H groups in total. The topological polar surface area (TPSA) is 84.2 Å². The van der Waals surface area contributed by atoms with Crippen LogP contribution in [-0.4, -0.2) is 15.0 Å². The van der Waals surface area contributed by atoms with E-state index in [2.05, 4.69) is 33.5 Å². The van der Waals surface area contributed by atoms with Gasteiger partial charge in [-0.3, -0.25) is 0 Å². The summed E-state index contributed by atoms with van der Waals surface area (Å²) in [6.07, 6.45) is 2.01. The van der Waals surface area contributed by atoms with E-state index in [0.29, 0.717) is 21.7 Å². The number of alkyl halides is 1. The second-order valence-corrected chi connectivity index (χ2v) is 8.13. The Balaban J connectivity index is 0.00000338. The highest BCUT2D eigenvalue weighted by Crippen LogP contribution is 2.34. The van der Waals surface area contributed by atoms with Crippen molar-refractivity contribution in [3.05, 3.63) is 47.0 Å². The fourth-order valence-corrected chi connectivity index (χ4v) is 3.53. The lowest BCUT2D eigenvalue weighted by atomic mass is 10.1. The first kappa shape index (κ1) is 23.2. The third kappa shape index (κ3) is 6.42. The number of benzene rings is 2. The van der Waals surface area contributed by atoms with Gasteiger partial charge >= 0.3 is 0 Å². The van der Waals surface area contributed by atoms with Crippen LogP contribution in [0.15, 0.2) is 41.3 Å². The van der Waals surface area contributed by atoms with Crippen molar-refractivity contribution in [2.45, 2.75) is 30.0 Å². The van der Waals surface area contributed by atoms with E-state index in [4.69, 9.17) is 16.7 Å². The smallest absolute Gasteiger partial charge is 0.240 e. The fourth-order valence-electron chi connectivity index (χ4n) is 2.32. The Morgan fingerprint density at radius 3 is 2.38 bits per heavy atom. The Labute approximate surface area is 178 Å². The van der Waals surface area contributed by atoms with Crippen molar-refractivity contribution in [1.29, 1.82) is 0 Å². The summed E-state index contributed by atoms with van der Waals surface area (Å²) in [6, 6.07) is 10.5. The molecule has 26 heavy (non-hydrogen) atoms. The molecule has 0 saturated carbocycles. The van der Waals surface area contributed by atoms with Gasteiger partial charge in [-0.1, -0.05) is 40.9 Å². The molecule has 144 valence electrons. The van der Waals surface area contributed by atoms with E-state index in [1.807, 2.05) is 6.07 Å². The average Bonchev–Trinajstić information content (AvgIpc) is 2.57. The predicted octanol–water partition coefficient (Wildman–Crippen LogP) is 5.42. The van der Waals surface area contributed by atoms with Gasteiger partial charge < -0.3 is 10.6 Å². The normalized spacial score (nSPS) is 10.9. The molecule has 0 atom stereocenters. The number of primary sulfonamides is 1. The minimum Gasteiger partial charge on any atom is -0.383 e. The van der Waals surface area contributed by atoms with Crippen LogP contribution in [0.1, 0.15) is 25.3 Å². The minimum absolute atomic E-state index is 0. The fraction of sp³-hybridized carbons (Fsp3) is 0.294. The Bertz CT molecular complexity index is 831. The molecule has 2 aromatic carbocycles. The van der Waals surface area contributed by atoms with Gasteiger partial charge in [0.2, 0.25) is 10.0 Å². The first-order chi connectivity index (χ1) is 11.8. The predicted molar refractivity (Wildman–Crippen MR) is 119 cm³/mol. The summed E-state index contributed by atoms with van der Waals surface area (Å²) in [5.74, 6) is 0. The third-order valence-corrected chi connectivity index (χ3v) is 5.42. The summed E-state index contributed by atoms with van der Waals surface area (Å²) in [7, 11) is -3.90. The van der Waals surface area contributed by atoms with E-state index < -0.39 is 10.0 Å². The number of unbranched alkanes of at least 4 members (excludes halogenated alkanes) is 1. The molecule has 5 nitrogen and oxygen atoms in total. The number of anilines is 3. The maximum atomic E-state index is 12.1. The van der Waals surface area contributed by atoms with E-state index >= 15 is 0 Å². The lowest BCUT2D eigenvalue weighted by molar-refractivity contribution is 0.598. The van der Waals surface area contributed by atoms with Gasteiger partial charge in [-0.25, -0.2) is 13.6 Å². The number of nitrogens with one attached hydrogen (secondary N) is 2. The van der Waals surface area contributed by atoms with E-state index in [9.17, 15) is 8.42 Å². The van der Waals surface area contributed by atoms with E-state index in [1.165, 1.54) is 0 Å². The lowest BCUT2D eigenvalue weighted by Crippen LogP contribution is -2.16. The molecule has 0 aromatic heterocycles. The molecule has 9 heteroatoms. The molecule has 0 radical (unpaired) electrons. The number of hydrogen-bond donors (Lipinski definition) is 3. The van der Waals surface area contributed by atoms with Crippen molar-refractivity contribution in [2.24, 2.45) is 5.14 Å². The molecular formula is C17H22Br2ClN3O2S. The Morgan fingerprint density at radius 1 is 1.19 bits per heavy atom. The summed E-state index contributed by atoms with van der Waals surface area (Å²) in [4.78, 5) is 0.0541. The van der Waals surface area contributed by atoms with Crippen molar-refractivity contribution >= 4 is 71.6 Å². The van der Waals surface area contributed by atoms with Gasteiger partial charge in [0.15, 0.2) is 0 Å². The minimum atomic E-state index is -3.90. The van der Waals surface area contributed by atoms with Gasteiger partial charge in [-0.05, 0) is 48.4 Å². The quantitative estimate of drug-likeness (QED) is 0.316. The average molecular weight is 528 g/mol. The molecule has 0 spiro atoms. The highest BCUT2D eigenvalue weighted by molar-refractivity contribution is 9.08. The number of sulfonamides is 1. The van der Waals surface area contributed by atoms with Gasteiger partial charge in [0, 0.05) is 22.6 Å². The molecule has 0 fully saturated rings. The number of nitrogens with two attached hydrogens (primary N) is 1. The molecule has 0 saturated heterocycles. The van der Waals surface area contributed by atoms with Gasteiger partial charge in [-0.15, -0.1) is 17.0 Å². The maximum absolute atomic E-state index is 12.1. The SMILES string of the molecule is Br.CCCCNc1cc(CBr)cc(S(N)(=O)=O)c1Nc1ccc(Cl)cc1. The molecule has 0 unspecified atom stereocenters. The summed E-state index contributed by atoms with van der Waals surface area (Å²) in [6.45, 7) is 2.83. The van der Waals surface area contributed by atoms with Gasteiger partial charge in [0.25, 0.3) is 0 Å². The summed E-state index contributed by atoms with van der Waals surface area (Å²) in [5, 5.41) is 13.0. The molecular weight excluding hydrogens is 506 g/mol. The second kappa shape index (κ2) is 10.5. The Hall–Kier alpha value is -0.800. The Kier molecular flexibility index (Phi) is 9.40. The van der Waals surface area contributed by atoms with Crippen molar-refractivity contribution in [3.63, 3.8) is 0 Å². The zero-order valence-corrected chi connectivity index (χ0v) is 19.1. The number of rotatable bonds is 8. The first-order valence-corrected chi connectivity index (χ1v) is 10.9. The summed E-state index contributed by atoms with van der Waals surface area (Å²) in [5.41, 5.74) is 2.68. The zero-order valence-electron chi connectivity index (χ0n) is 14.3. The van der Waals surface area contributed by atoms with Crippen molar-refractivity contribution < 1.29 is 8.42 Å². The third-order valence-electron chi connectivity index (χ3n) is 3.58. The van der Waals surface area contributed by atoms with Crippen LogP contribution in [0.25, 0.3) is 0 Å². The van der Waals surface area contributed by atoms with E-state index in [1.54, 1.807) is 30.3 Å². The second-order valence-electron chi connectivity index (χ2n) is 5.61.